The largest absolute Gasteiger partial charge is 0.388 e. The van der Waals surface area contributed by atoms with Crippen molar-refractivity contribution in [2.45, 2.75) is 64.9 Å². The molecule has 18 heavy (non-hydrogen) atoms. The molecule has 100 valence electrons. The molecule has 1 heteroatoms. The van der Waals surface area contributed by atoms with Gasteiger partial charge >= 0.3 is 0 Å². The highest BCUT2D eigenvalue weighted by molar-refractivity contribution is 5.27. The molecule has 1 nitrogen and oxygen atoms in total. The van der Waals surface area contributed by atoms with Crippen molar-refractivity contribution in [1.29, 1.82) is 0 Å². The molecule has 1 aliphatic carbocycles. The molecule has 1 unspecified atom stereocenters. The molecular formula is C17H26O. The van der Waals surface area contributed by atoms with Gasteiger partial charge in [0.15, 0.2) is 0 Å². The minimum absolute atomic E-state index is 0.298. The first kappa shape index (κ1) is 13.6. The second-order valence-corrected chi connectivity index (χ2v) is 6.91. The van der Waals surface area contributed by atoms with E-state index >= 15 is 0 Å². The number of hydrogen-bond donors (Lipinski definition) is 1. The van der Waals surface area contributed by atoms with Crippen molar-refractivity contribution in [2.75, 3.05) is 0 Å². The molecule has 2 rings (SSSR count). The molecule has 0 saturated heterocycles. The van der Waals surface area contributed by atoms with Gasteiger partial charge in [-0.05, 0) is 48.1 Å². The summed E-state index contributed by atoms with van der Waals surface area (Å²) in [5.41, 5.74) is 2.82. The van der Waals surface area contributed by atoms with E-state index in [4.69, 9.17) is 0 Å². The molecule has 1 N–H and O–H groups in total. The molecule has 1 saturated carbocycles. The molecule has 0 aromatic heterocycles. The van der Waals surface area contributed by atoms with E-state index in [1.54, 1.807) is 0 Å². The zero-order valence-corrected chi connectivity index (χ0v) is 11.9. The molecular weight excluding hydrogens is 220 g/mol. The molecule has 1 aromatic carbocycles. The maximum atomic E-state index is 10.2. The van der Waals surface area contributed by atoms with Crippen molar-refractivity contribution in [3.63, 3.8) is 0 Å². The Balaban J connectivity index is 1.91. The lowest BCUT2D eigenvalue weighted by Crippen LogP contribution is -2.10. The van der Waals surface area contributed by atoms with Crippen molar-refractivity contribution in [3.05, 3.63) is 35.4 Å². The summed E-state index contributed by atoms with van der Waals surface area (Å²) in [5, 5.41) is 10.2. The average Bonchev–Trinajstić information content (AvgIpc) is 2.23. The molecule has 0 aliphatic heterocycles. The van der Waals surface area contributed by atoms with Crippen molar-refractivity contribution in [2.24, 2.45) is 5.41 Å². The van der Waals surface area contributed by atoms with Crippen molar-refractivity contribution >= 4 is 0 Å². The molecule has 1 fully saturated rings. The summed E-state index contributed by atoms with van der Waals surface area (Å²) in [5.74, 6) is 0.783. The second-order valence-electron chi connectivity index (χ2n) is 6.91. The highest BCUT2D eigenvalue weighted by Crippen LogP contribution is 2.36. The SMILES string of the molecule is CC(C)(C)CCC(O)c1ccc(C2CCC2)cc1. The second kappa shape index (κ2) is 5.44. The maximum Gasteiger partial charge on any atom is 0.0790 e. The standard InChI is InChI=1S/C17H26O/c1-17(2,3)12-11-16(18)15-9-7-14(8-10-15)13-5-4-6-13/h7-10,13,16,18H,4-6,11-12H2,1-3H3. The van der Waals surface area contributed by atoms with E-state index in [0.29, 0.717) is 5.41 Å². The number of aliphatic hydroxyl groups is 1. The zero-order valence-electron chi connectivity index (χ0n) is 11.9. The molecule has 0 radical (unpaired) electrons. The van der Waals surface area contributed by atoms with E-state index in [1.807, 2.05) is 0 Å². The van der Waals surface area contributed by atoms with Crippen molar-refractivity contribution < 1.29 is 5.11 Å². The first-order chi connectivity index (χ1) is 8.46. The van der Waals surface area contributed by atoms with Gasteiger partial charge in [-0.1, -0.05) is 51.5 Å². The minimum atomic E-state index is -0.306. The molecule has 1 aromatic rings. The van der Waals surface area contributed by atoms with Crippen LogP contribution in [0.2, 0.25) is 0 Å². The number of hydrogen-bond acceptors (Lipinski definition) is 1. The van der Waals surface area contributed by atoms with Crippen LogP contribution in [0.15, 0.2) is 24.3 Å². The van der Waals surface area contributed by atoms with Gasteiger partial charge in [-0.15, -0.1) is 0 Å². The van der Waals surface area contributed by atoms with Crippen LogP contribution < -0.4 is 0 Å². The lowest BCUT2D eigenvalue weighted by Gasteiger charge is -2.26. The maximum absolute atomic E-state index is 10.2. The van der Waals surface area contributed by atoms with Crippen LogP contribution in [0.5, 0.6) is 0 Å². The highest BCUT2D eigenvalue weighted by Gasteiger charge is 2.20. The van der Waals surface area contributed by atoms with E-state index in [-0.39, 0.29) is 6.10 Å². The Morgan fingerprint density at radius 2 is 1.78 bits per heavy atom. The molecule has 0 spiro atoms. The Labute approximate surface area is 111 Å². The normalized spacial score (nSPS) is 18.4. The zero-order chi connectivity index (χ0) is 13.2. The summed E-state index contributed by atoms with van der Waals surface area (Å²) in [7, 11) is 0. The van der Waals surface area contributed by atoms with Crippen LogP contribution in [-0.2, 0) is 0 Å². The fourth-order valence-corrected chi connectivity index (χ4v) is 2.47. The average molecular weight is 246 g/mol. The number of benzene rings is 1. The summed E-state index contributed by atoms with van der Waals surface area (Å²) >= 11 is 0. The first-order valence-electron chi connectivity index (χ1n) is 7.24. The summed E-state index contributed by atoms with van der Waals surface area (Å²) in [6, 6.07) is 8.64. The summed E-state index contributed by atoms with van der Waals surface area (Å²) in [4.78, 5) is 0. The predicted octanol–water partition coefficient (Wildman–Crippen LogP) is 4.81. The van der Waals surface area contributed by atoms with E-state index in [2.05, 4.69) is 45.0 Å². The third-order valence-corrected chi connectivity index (χ3v) is 4.07. The van der Waals surface area contributed by atoms with Gasteiger partial charge in [-0.2, -0.15) is 0 Å². The topological polar surface area (TPSA) is 20.2 Å². The fraction of sp³-hybridized carbons (Fsp3) is 0.647. The van der Waals surface area contributed by atoms with Crippen molar-refractivity contribution in [1.82, 2.24) is 0 Å². The lowest BCUT2D eigenvalue weighted by molar-refractivity contribution is 0.147. The quantitative estimate of drug-likeness (QED) is 0.808. The van der Waals surface area contributed by atoms with Crippen LogP contribution in [0.1, 0.15) is 76.0 Å². The van der Waals surface area contributed by atoms with Gasteiger partial charge in [0, 0.05) is 0 Å². The molecule has 0 amide bonds. The van der Waals surface area contributed by atoms with E-state index in [9.17, 15) is 5.11 Å². The van der Waals surface area contributed by atoms with Crippen LogP contribution in [-0.4, -0.2) is 5.11 Å². The Hall–Kier alpha value is -0.820. The van der Waals surface area contributed by atoms with Crippen LogP contribution in [0.4, 0.5) is 0 Å². The fourth-order valence-electron chi connectivity index (χ4n) is 2.47. The monoisotopic (exact) mass is 246 g/mol. The molecule has 1 atom stereocenters. The smallest absolute Gasteiger partial charge is 0.0790 e. The molecule has 1 aliphatic rings. The number of aliphatic hydroxyl groups excluding tert-OH is 1. The highest BCUT2D eigenvalue weighted by atomic mass is 16.3. The first-order valence-corrected chi connectivity index (χ1v) is 7.24. The van der Waals surface area contributed by atoms with E-state index in [0.717, 1.165) is 24.3 Å². The summed E-state index contributed by atoms with van der Waals surface area (Å²) < 4.78 is 0. The van der Waals surface area contributed by atoms with Gasteiger partial charge in [0.25, 0.3) is 0 Å². The van der Waals surface area contributed by atoms with Crippen LogP contribution >= 0.6 is 0 Å². The van der Waals surface area contributed by atoms with Gasteiger partial charge < -0.3 is 5.11 Å². The van der Waals surface area contributed by atoms with Crippen LogP contribution in [0.3, 0.4) is 0 Å². The summed E-state index contributed by atoms with van der Waals surface area (Å²) in [6.07, 6.45) is 5.66. The van der Waals surface area contributed by atoms with E-state index in [1.165, 1.54) is 24.8 Å². The Bertz CT molecular complexity index is 368. The third-order valence-electron chi connectivity index (χ3n) is 4.07. The van der Waals surface area contributed by atoms with Gasteiger partial charge in [0.1, 0.15) is 0 Å². The summed E-state index contributed by atoms with van der Waals surface area (Å²) in [6.45, 7) is 6.66. The predicted molar refractivity (Wildman–Crippen MR) is 76.7 cm³/mol. The Kier molecular flexibility index (Phi) is 4.11. The van der Waals surface area contributed by atoms with Gasteiger partial charge in [0.2, 0.25) is 0 Å². The molecule has 0 heterocycles. The minimum Gasteiger partial charge on any atom is -0.388 e. The lowest BCUT2D eigenvalue weighted by atomic mass is 9.79. The number of rotatable bonds is 4. The van der Waals surface area contributed by atoms with Gasteiger partial charge in [-0.25, -0.2) is 0 Å². The van der Waals surface area contributed by atoms with Crippen molar-refractivity contribution in [3.8, 4) is 0 Å². The van der Waals surface area contributed by atoms with E-state index < -0.39 is 0 Å². The van der Waals surface area contributed by atoms with Crippen LogP contribution in [0.25, 0.3) is 0 Å². The van der Waals surface area contributed by atoms with Gasteiger partial charge in [0.05, 0.1) is 6.10 Å². The molecule has 0 bridgehead atoms. The Morgan fingerprint density at radius 1 is 1.17 bits per heavy atom. The van der Waals surface area contributed by atoms with Crippen LogP contribution in [0, 0.1) is 5.41 Å². The Morgan fingerprint density at radius 3 is 2.22 bits per heavy atom. The van der Waals surface area contributed by atoms with Gasteiger partial charge in [-0.3, -0.25) is 0 Å². The third kappa shape index (κ3) is 3.58.